The van der Waals surface area contributed by atoms with Crippen molar-refractivity contribution in [3.05, 3.63) is 34.9 Å². The fourth-order valence-electron chi connectivity index (χ4n) is 1.53. The first-order valence-electron chi connectivity index (χ1n) is 6.98. The van der Waals surface area contributed by atoms with Crippen molar-refractivity contribution in [2.75, 3.05) is 39.2 Å². The fourth-order valence-corrected chi connectivity index (χ4v) is 2.48. The molecule has 23 heavy (non-hydrogen) atoms. The molecule has 2 N–H and O–H groups in total. The molecule has 0 saturated carbocycles. The maximum Gasteiger partial charge on any atom is 0.235 e. The quantitative estimate of drug-likeness (QED) is 0.559. The van der Waals surface area contributed by atoms with Gasteiger partial charge in [-0.3, -0.25) is 4.79 Å². The average Bonchev–Trinajstić information content (AvgIpc) is 2.52. The van der Waals surface area contributed by atoms with Crippen molar-refractivity contribution in [1.29, 1.82) is 0 Å². The SMILES string of the molecule is COCCOCCS(=O)(=O)NCC(=O)NCc1ccc(Cl)cc1. The van der Waals surface area contributed by atoms with Crippen molar-refractivity contribution in [3.63, 3.8) is 0 Å². The lowest BCUT2D eigenvalue weighted by Crippen LogP contribution is -2.38. The normalized spacial score (nSPS) is 11.4. The number of carbonyl (C=O) groups excluding carboxylic acids is 1. The van der Waals surface area contributed by atoms with E-state index in [2.05, 4.69) is 10.0 Å². The molecule has 7 nitrogen and oxygen atoms in total. The highest BCUT2D eigenvalue weighted by Crippen LogP contribution is 2.08. The molecule has 130 valence electrons. The first-order chi connectivity index (χ1) is 10.9. The molecular weight excluding hydrogens is 344 g/mol. The van der Waals surface area contributed by atoms with E-state index in [4.69, 9.17) is 21.1 Å². The van der Waals surface area contributed by atoms with Gasteiger partial charge in [0, 0.05) is 18.7 Å². The van der Waals surface area contributed by atoms with Gasteiger partial charge in [-0.05, 0) is 17.7 Å². The fraction of sp³-hybridized carbons (Fsp3) is 0.500. The second-order valence-corrected chi connectivity index (χ2v) is 7.01. The summed E-state index contributed by atoms with van der Waals surface area (Å²) in [4.78, 5) is 11.6. The van der Waals surface area contributed by atoms with Crippen LogP contribution in [0.1, 0.15) is 5.56 Å². The van der Waals surface area contributed by atoms with Gasteiger partial charge in [0.15, 0.2) is 0 Å². The molecular formula is C14H21ClN2O5S. The van der Waals surface area contributed by atoms with Gasteiger partial charge in [0.25, 0.3) is 0 Å². The minimum atomic E-state index is -3.55. The molecule has 0 aliphatic carbocycles. The number of benzene rings is 1. The third kappa shape index (κ3) is 9.52. The van der Waals surface area contributed by atoms with Crippen molar-refractivity contribution < 1.29 is 22.7 Å². The Morgan fingerprint density at radius 1 is 1.17 bits per heavy atom. The summed E-state index contributed by atoms with van der Waals surface area (Å²) >= 11 is 5.76. The topological polar surface area (TPSA) is 93.7 Å². The molecule has 0 fully saturated rings. The number of methoxy groups -OCH3 is 1. The predicted octanol–water partition coefficient (Wildman–Crippen LogP) is 0.539. The van der Waals surface area contributed by atoms with Crippen LogP contribution in [0.5, 0.6) is 0 Å². The van der Waals surface area contributed by atoms with Crippen LogP contribution in [-0.2, 0) is 30.8 Å². The van der Waals surface area contributed by atoms with Gasteiger partial charge in [0.2, 0.25) is 15.9 Å². The summed E-state index contributed by atoms with van der Waals surface area (Å²) in [7, 11) is -2.01. The van der Waals surface area contributed by atoms with Gasteiger partial charge < -0.3 is 14.8 Å². The monoisotopic (exact) mass is 364 g/mol. The average molecular weight is 365 g/mol. The van der Waals surface area contributed by atoms with Gasteiger partial charge in [-0.2, -0.15) is 0 Å². The van der Waals surface area contributed by atoms with Crippen LogP contribution in [-0.4, -0.2) is 53.6 Å². The van der Waals surface area contributed by atoms with Crippen LogP contribution in [0.3, 0.4) is 0 Å². The number of amides is 1. The highest BCUT2D eigenvalue weighted by molar-refractivity contribution is 7.89. The maximum absolute atomic E-state index is 11.7. The van der Waals surface area contributed by atoms with Gasteiger partial charge >= 0.3 is 0 Å². The number of ether oxygens (including phenoxy) is 2. The van der Waals surface area contributed by atoms with Gasteiger partial charge in [0.1, 0.15) is 0 Å². The zero-order valence-electron chi connectivity index (χ0n) is 12.9. The molecule has 0 saturated heterocycles. The van der Waals surface area contributed by atoms with Crippen LogP contribution in [0.25, 0.3) is 0 Å². The Hall–Kier alpha value is -1.19. The molecule has 0 heterocycles. The second kappa shape index (κ2) is 10.6. The van der Waals surface area contributed by atoms with E-state index >= 15 is 0 Å². The van der Waals surface area contributed by atoms with E-state index in [9.17, 15) is 13.2 Å². The highest BCUT2D eigenvalue weighted by atomic mass is 35.5. The number of carbonyl (C=O) groups is 1. The first-order valence-corrected chi connectivity index (χ1v) is 9.01. The molecule has 1 rings (SSSR count). The third-order valence-electron chi connectivity index (χ3n) is 2.78. The Balaban J connectivity index is 2.22. The molecule has 0 unspecified atom stereocenters. The minimum Gasteiger partial charge on any atom is -0.382 e. The van der Waals surface area contributed by atoms with Crippen molar-refractivity contribution in [1.82, 2.24) is 10.0 Å². The van der Waals surface area contributed by atoms with E-state index in [1.807, 2.05) is 0 Å². The van der Waals surface area contributed by atoms with Crippen LogP contribution in [0.2, 0.25) is 5.02 Å². The zero-order chi connectivity index (χ0) is 17.1. The molecule has 1 aromatic carbocycles. The first kappa shape index (κ1) is 19.9. The van der Waals surface area contributed by atoms with E-state index in [0.29, 0.717) is 24.8 Å². The number of nitrogens with one attached hydrogen (secondary N) is 2. The molecule has 0 aliphatic rings. The van der Waals surface area contributed by atoms with Crippen LogP contribution in [0, 0.1) is 0 Å². The number of hydrogen-bond donors (Lipinski definition) is 2. The minimum absolute atomic E-state index is 0.0467. The molecule has 0 aromatic heterocycles. The van der Waals surface area contributed by atoms with E-state index < -0.39 is 15.9 Å². The summed E-state index contributed by atoms with van der Waals surface area (Å²) in [5.74, 6) is -0.620. The van der Waals surface area contributed by atoms with Crippen molar-refractivity contribution in [2.24, 2.45) is 0 Å². The smallest absolute Gasteiger partial charge is 0.235 e. The second-order valence-electron chi connectivity index (χ2n) is 4.65. The lowest BCUT2D eigenvalue weighted by Gasteiger charge is -2.08. The zero-order valence-corrected chi connectivity index (χ0v) is 14.5. The number of rotatable bonds is 11. The summed E-state index contributed by atoms with van der Waals surface area (Å²) < 4.78 is 35.4. The predicted molar refractivity (Wildman–Crippen MR) is 87.8 cm³/mol. The van der Waals surface area contributed by atoms with E-state index in [1.165, 1.54) is 7.11 Å². The van der Waals surface area contributed by atoms with E-state index in [1.54, 1.807) is 24.3 Å². The Kier molecular flexibility index (Phi) is 9.12. The summed E-state index contributed by atoms with van der Waals surface area (Å²) in [5, 5.41) is 3.23. The summed E-state index contributed by atoms with van der Waals surface area (Å²) in [6.45, 7) is 0.769. The van der Waals surface area contributed by atoms with Gasteiger partial charge in [-0.1, -0.05) is 23.7 Å². The lowest BCUT2D eigenvalue weighted by molar-refractivity contribution is -0.120. The summed E-state index contributed by atoms with van der Waals surface area (Å²) in [6.07, 6.45) is 0. The molecule has 1 amide bonds. The number of sulfonamides is 1. The maximum atomic E-state index is 11.7. The Labute approximate surface area is 141 Å². The van der Waals surface area contributed by atoms with Gasteiger partial charge in [-0.25, -0.2) is 13.1 Å². The number of hydrogen-bond acceptors (Lipinski definition) is 5. The summed E-state index contributed by atoms with van der Waals surface area (Å²) in [6, 6.07) is 7.00. The Bertz CT molecular complexity index is 577. The molecule has 0 spiro atoms. The largest absolute Gasteiger partial charge is 0.382 e. The highest BCUT2D eigenvalue weighted by Gasteiger charge is 2.12. The molecule has 0 aliphatic heterocycles. The van der Waals surface area contributed by atoms with Crippen molar-refractivity contribution >= 4 is 27.5 Å². The third-order valence-corrected chi connectivity index (χ3v) is 4.32. The molecule has 1 aromatic rings. The van der Waals surface area contributed by atoms with Crippen LogP contribution >= 0.6 is 11.6 Å². The van der Waals surface area contributed by atoms with Gasteiger partial charge in [-0.15, -0.1) is 0 Å². The number of halogens is 1. The Morgan fingerprint density at radius 2 is 1.87 bits per heavy atom. The van der Waals surface area contributed by atoms with Crippen LogP contribution in [0.4, 0.5) is 0 Å². The van der Waals surface area contributed by atoms with E-state index in [0.717, 1.165) is 5.56 Å². The lowest BCUT2D eigenvalue weighted by atomic mass is 10.2. The molecule has 0 bridgehead atoms. The summed E-state index contributed by atoms with van der Waals surface area (Å²) in [5.41, 5.74) is 0.872. The van der Waals surface area contributed by atoms with E-state index in [-0.39, 0.29) is 18.9 Å². The standard InChI is InChI=1S/C14H21ClN2O5S/c1-21-6-7-22-8-9-23(19,20)17-11-14(18)16-10-12-2-4-13(15)5-3-12/h2-5,17H,6-11H2,1H3,(H,16,18). The van der Waals surface area contributed by atoms with Crippen molar-refractivity contribution in [3.8, 4) is 0 Å². The molecule has 9 heteroatoms. The molecule has 0 atom stereocenters. The van der Waals surface area contributed by atoms with Crippen LogP contribution < -0.4 is 10.0 Å². The van der Waals surface area contributed by atoms with Crippen molar-refractivity contribution in [2.45, 2.75) is 6.54 Å². The Morgan fingerprint density at radius 3 is 2.52 bits per heavy atom. The molecule has 0 radical (unpaired) electrons. The van der Waals surface area contributed by atoms with Gasteiger partial charge in [0.05, 0.1) is 32.1 Å². The van der Waals surface area contributed by atoms with Crippen LogP contribution in [0.15, 0.2) is 24.3 Å².